The van der Waals surface area contributed by atoms with Gasteiger partial charge in [-0.25, -0.2) is 8.42 Å². The Hall–Kier alpha value is -1.21. The number of fused-ring (bicyclic) bond motifs is 2. The van der Waals surface area contributed by atoms with Gasteiger partial charge in [-0.1, -0.05) is 18.6 Å². The number of benzene rings is 1. The molecule has 2 heterocycles. The monoisotopic (exact) mass is 332 g/mol. The second-order valence-electron chi connectivity index (χ2n) is 6.11. The second-order valence-corrected chi connectivity index (χ2v) is 8.62. The van der Waals surface area contributed by atoms with Crippen LogP contribution in [0.15, 0.2) is 24.3 Å². The Kier molecular flexibility index (Phi) is 3.89. The van der Waals surface area contributed by atoms with Crippen LogP contribution in [-0.4, -0.2) is 30.6 Å². The molecule has 0 saturated carbocycles. The van der Waals surface area contributed by atoms with E-state index >= 15 is 0 Å². The lowest BCUT2D eigenvalue weighted by Crippen LogP contribution is -2.50. The van der Waals surface area contributed by atoms with Crippen LogP contribution in [0.5, 0.6) is 5.75 Å². The summed E-state index contributed by atoms with van der Waals surface area (Å²) in [5, 5.41) is 9.88. The lowest BCUT2D eigenvalue weighted by molar-refractivity contribution is -0.0499. The Bertz CT molecular complexity index is 622. The summed E-state index contributed by atoms with van der Waals surface area (Å²) in [7, 11) is -3.15. The minimum Gasteiger partial charge on any atom is -0.435 e. The highest BCUT2D eigenvalue weighted by molar-refractivity contribution is 7.92. The molecule has 2 bridgehead atoms. The van der Waals surface area contributed by atoms with Crippen LogP contribution in [0, 0.1) is 0 Å². The summed E-state index contributed by atoms with van der Waals surface area (Å²) >= 11 is 0. The van der Waals surface area contributed by atoms with Gasteiger partial charge in [-0.3, -0.25) is 0 Å². The van der Waals surface area contributed by atoms with Crippen LogP contribution in [0.1, 0.15) is 37.7 Å². The van der Waals surface area contributed by atoms with Crippen molar-refractivity contribution >= 4 is 9.84 Å². The quantitative estimate of drug-likeness (QED) is 0.924. The molecule has 0 radical (unpaired) electrons. The highest BCUT2D eigenvalue weighted by atomic mass is 32.2. The zero-order valence-corrected chi connectivity index (χ0v) is 12.7. The average Bonchev–Trinajstić information content (AvgIpc) is 2.41. The van der Waals surface area contributed by atoms with Gasteiger partial charge in [0.1, 0.15) is 5.75 Å². The number of alkyl halides is 2. The van der Waals surface area contributed by atoms with Crippen LogP contribution in [0.25, 0.3) is 0 Å². The average molecular weight is 332 g/mol. The van der Waals surface area contributed by atoms with Crippen molar-refractivity contribution in [2.24, 2.45) is 0 Å². The molecule has 2 aliphatic rings. The van der Waals surface area contributed by atoms with E-state index in [1.807, 2.05) is 0 Å². The molecule has 7 heteroatoms. The van der Waals surface area contributed by atoms with Gasteiger partial charge >= 0.3 is 6.61 Å². The topological polar surface area (TPSA) is 63.6 Å². The normalized spacial score (nSPS) is 33.6. The molecule has 0 aromatic heterocycles. The Morgan fingerprint density at radius 3 is 2.18 bits per heavy atom. The molecule has 3 rings (SSSR count). The van der Waals surface area contributed by atoms with E-state index < -0.39 is 32.5 Å². The number of ether oxygens (including phenoxy) is 1. The van der Waals surface area contributed by atoms with Gasteiger partial charge in [0.15, 0.2) is 9.84 Å². The summed E-state index contributed by atoms with van der Waals surface area (Å²) < 4.78 is 53.1. The first-order valence-electron chi connectivity index (χ1n) is 7.32. The summed E-state index contributed by atoms with van der Waals surface area (Å²) in [6.07, 6.45) is 2.36. The van der Waals surface area contributed by atoms with Crippen molar-refractivity contribution in [1.82, 2.24) is 0 Å². The van der Waals surface area contributed by atoms with Gasteiger partial charge in [0.2, 0.25) is 0 Å². The third kappa shape index (κ3) is 2.72. The van der Waals surface area contributed by atoms with Crippen molar-refractivity contribution in [2.45, 2.75) is 54.8 Å². The van der Waals surface area contributed by atoms with Gasteiger partial charge in [-0.15, -0.1) is 0 Å². The second kappa shape index (κ2) is 5.45. The number of halogens is 2. The van der Waals surface area contributed by atoms with Gasteiger partial charge in [0.05, 0.1) is 16.1 Å². The van der Waals surface area contributed by atoms with Gasteiger partial charge in [-0.2, -0.15) is 8.78 Å². The number of sulfone groups is 1. The first kappa shape index (κ1) is 15.7. The molecule has 1 aromatic carbocycles. The third-order valence-corrected chi connectivity index (χ3v) is 7.39. The van der Waals surface area contributed by atoms with Crippen LogP contribution in [0.4, 0.5) is 8.78 Å². The molecular formula is C15H18F2O4S. The lowest BCUT2D eigenvalue weighted by atomic mass is 9.80. The van der Waals surface area contributed by atoms with E-state index in [2.05, 4.69) is 4.74 Å². The summed E-state index contributed by atoms with van der Waals surface area (Å²) in [5.74, 6) is 0.0194. The van der Waals surface area contributed by atoms with E-state index in [1.54, 1.807) is 0 Å². The van der Waals surface area contributed by atoms with E-state index in [0.717, 1.165) is 6.42 Å². The Labute approximate surface area is 128 Å². The van der Waals surface area contributed by atoms with Crippen molar-refractivity contribution in [3.05, 3.63) is 29.8 Å². The zero-order chi connectivity index (χ0) is 16.0. The van der Waals surface area contributed by atoms with Crippen LogP contribution >= 0.6 is 0 Å². The van der Waals surface area contributed by atoms with E-state index in [4.69, 9.17) is 0 Å². The SMILES string of the molecule is O=S1(=O)C2CCCC1CC(O)(c1ccc(OC(F)F)cc1)C2. The number of aliphatic hydroxyl groups is 1. The highest BCUT2D eigenvalue weighted by Gasteiger charge is 2.50. The van der Waals surface area contributed by atoms with E-state index in [0.29, 0.717) is 18.4 Å². The molecule has 2 unspecified atom stereocenters. The highest BCUT2D eigenvalue weighted by Crippen LogP contribution is 2.46. The molecule has 0 spiro atoms. The van der Waals surface area contributed by atoms with Crippen molar-refractivity contribution in [3.63, 3.8) is 0 Å². The molecule has 1 N–H and O–H groups in total. The molecule has 2 aliphatic heterocycles. The molecule has 122 valence electrons. The van der Waals surface area contributed by atoms with Crippen molar-refractivity contribution < 1.29 is 27.0 Å². The third-order valence-electron chi connectivity index (χ3n) is 4.73. The Morgan fingerprint density at radius 2 is 1.68 bits per heavy atom. The van der Waals surface area contributed by atoms with E-state index in [1.165, 1.54) is 24.3 Å². The minimum atomic E-state index is -3.15. The number of hydrogen-bond donors (Lipinski definition) is 1. The number of rotatable bonds is 3. The van der Waals surface area contributed by atoms with Gasteiger partial charge in [0, 0.05) is 0 Å². The van der Waals surface area contributed by atoms with Crippen LogP contribution in [0.3, 0.4) is 0 Å². The molecule has 4 nitrogen and oxygen atoms in total. The predicted octanol–water partition coefficient (Wildman–Crippen LogP) is 2.61. The largest absolute Gasteiger partial charge is 0.435 e. The number of hydrogen-bond acceptors (Lipinski definition) is 4. The molecule has 0 amide bonds. The molecular weight excluding hydrogens is 314 g/mol. The first-order valence-corrected chi connectivity index (χ1v) is 8.93. The summed E-state index contributed by atoms with van der Waals surface area (Å²) in [4.78, 5) is 0. The first-order chi connectivity index (χ1) is 10.3. The molecule has 1 aromatic rings. The Balaban J connectivity index is 1.85. The van der Waals surface area contributed by atoms with Crippen LogP contribution in [0.2, 0.25) is 0 Å². The smallest absolute Gasteiger partial charge is 0.387 e. The van der Waals surface area contributed by atoms with Gasteiger partial charge in [0.25, 0.3) is 0 Å². The maximum atomic E-state index is 12.3. The fourth-order valence-corrected chi connectivity index (χ4v) is 6.18. The van der Waals surface area contributed by atoms with Gasteiger partial charge in [-0.05, 0) is 43.4 Å². The van der Waals surface area contributed by atoms with Crippen molar-refractivity contribution in [2.75, 3.05) is 0 Å². The molecule has 22 heavy (non-hydrogen) atoms. The van der Waals surface area contributed by atoms with Crippen LogP contribution < -0.4 is 4.74 Å². The van der Waals surface area contributed by atoms with E-state index in [9.17, 15) is 22.3 Å². The van der Waals surface area contributed by atoms with Crippen molar-refractivity contribution in [3.8, 4) is 5.75 Å². The lowest BCUT2D eigenvalue weighted by Gasteiger charge is -2.44. The summed E-state index contributed by atoms with van der Waals surface area (Å²) in [6.45, 7) is -2.90. The fraction of sp³-hybridized carbons (Fsp3) is 0.600. The van der Waals surface area contributed by atoms with Gasteiger partial charge < -0.3 is 9.84 Å². The maximum absolute atomic E-state index is 12.3. The Morgan fingerprint density at radius 1 is 1.14 bits per heavy atom. The maximum Gasteiger partial charge on any atom is 0.387 e. The molecule has 2 saturated heterocycles. The minimum absolute atomic E-state index is 0.0194. The van der Waals surface area contributed by atoms with Crippen LogP contribution in [-0.2, 0) is 15.4 Å². The molecule has 2 atom stereocenters. The molecule has 2 fully saturated rings. The predicted molar refractivity (Wildman–Crippen MR) is 76.6 cm³/mol. The van der Waals surface area contributed by atoms with E-state index in [-0.39, 0.29) is 18.6 Å². The summed E-state index contributed by atoms with van der Waals surface area (Å²) in [6, 6.07) is 5.81. The molecule has 0 aliphatic carbocycles. The van der Waals surface area contributed by atoms with Crippen molar-refractivity contribution in [1.29, 1.82) is 0 Å². The standard InChI is InChI=1S/C15H18F2O4S/c16-14(17)21-11-6-4-10(5-7-11)15(18)8-12-2-1-3-13(9-15)22(12,19)20/h4-7,12-14,18H,1-3,8-9H2. The summed E-state index contributed by atoms with van der Waals surface area (Å²) in [5.41, 5.74) is -0.661. The fourth-order valence-electron chi connectivity index (χ4n) is 3.63. The zero-order valence-electron chi connectivity index (χ0n) is 11.9.